The molecule has 0 amide bonds. The van der Waals surface area contributed by atoms with Gasteiger partial charge in [0.05, 0.1) is 35.4 Å². The summed E-state index contributed by atoms with van der Waals surface area (Å²) in [4.78, 5) is 15.3. The number of thiophene rings is 1. The van der Waals surface area contributed by atoms with Crippen LogP contribution in [0, 0.1) is 23.0 Å². The first-order valence-electron chi connectivity index (χ1n) is 11.6. The number of hydrogen-bond acceptors (Lipinski definition) is 9. The van der Waals surface area contributed by atoms with Crippen LogP contribution in [0.25, 0.3) is 32.2 Å². The van der Waals surface area contributed by atoms with Gasteiger partial charge in [-0.25, -0.2) is 13.8 Å². The number of pyridine rings is 1. The molecule has 36 heavy (non-hydrogen) atoms. The second-order valence-corrected chi connectivity index (χ2v) is 10.2. The summed E-state index contributed by atoms with van der Waals surface area (Å²) in [6.07, 6.45) is 4.50. The van der Waals surface area contributed by atoms with Gasteiger partial charge in [0.15, 0.2) is 11.6 Å². The zero-order valence-corrected chi connectivity index (χ0v) is 20.5. The number of aromatic nitrogens is 3. The summed E-state index contributed by atoms with van der Waals surface area (Å²) in [5.41, 5.74) is 7.70. The van der Waals surface area contributed by atoms with E-state index in [1.54, 1.807) is 6.20 Å². The van der Waals surface area contributed by atoms with E-state index < -0.39 is 11.6 Å². The molecule has 11 heteroatoms. The van der Waals surface area contributed by atoms with Gasteiger partial charge in [0.2, 0.25) is 0 Å². The lowest BCUT2D eigenvalue weighted by molar-refractivity contribution is 0.112. The van der Waals surface area contributed by atoms with E-state index in [9.17, 15) is 9.65 Å². The van der Waals surface area contributed by atoms with Crippen molar-refractivity contribution < 1.29 is 18.3 Å². The minimum atomic E-state index is -0.652. The van der Waals surface area contributed by atoms with Gasteiger partial charge in [-0.2, -0.15) is 10.2 Å². The van der Waals surface area contributed by atoms with Crippen molar-refractivity contribution in [2.24, 2.45) is 0 Å². The van der Waals surface area contributed by atoms with Crippen molar-refractivity contribution in [1.82, 2.24) is 19.9 Å². The maximum atomic E-state index is 16.3. The maximum Gasteiger partial charge on any atom is 0.317 e. The van der Waals surface area contributed by atoms with Gasteiger partial charge in [0.1, 0.15) is 22.7 Å². The fraction of sp³-hybridized carbons (Fsp3) is 0.360. The van der Waals surface area contributed by atoms with Gasteiger partial charge < -0.3 is 15.2 Å². The number of fused-ring (bicyclic) bond motifs is 4. The van der Waals surface area contributed by atoms with Crippen molar-refractivity contribution in [3.63, 3.8) is 0 Å². The van der Waals surface area contributed by atoms with Crippen LogP contribution in [0.4, 0.5) is 13.8 Å². The summed E-state index contributed by atoms with van der Waals surface area (Å²) in [7, 11) is 2.05. The molecule has 1 saturated heterocycles. The smallest absolute Gasteiger partial charge is 0.317 e. The summed E-state index contributed by atoms with van der Waals surface area (Å²) in [6, 6.07) is 2.32. The molecule has 2 aliphatic heterocycles. The Labute approximate surface area is 209 Å². The highest BCUT2D eigenvalue weighted by molar-refractivity contribution is 7.23. The molecule has 5 heterocycles. The van der Waals surface area contributed by atoms with Crippen molar-refractivity contribution in [3.05, 3.63) is 40.7 Å². The first-order valence-corrected chi connectivity index (χ1v) is 12.4. The van der Waals surface area contributed by atoms with Gasteiger partial charge in [-0.05, 0) is 44.5 Å². The van der Waals surface area contributed by atoms with Crippen LogP contribution in [-0.4, -0.2) is 45.6 Å². The topological polar surface area (TPSA) is 110 Å². The predicted octanol–water partition coefficient (Wildman–Crippen LogP) is 4.53. The average molecular weight is 509 g/mol. The van der Waals surface area contributed by atoms with Crippen LogP contribution < -0.4 is 10.5 Å². The minimum Gasteiger partial charge on any atom is -0.459 e. The molecule has 0 unspecified atom stereocenters. The lowest BCUT2D eigenvalue weighted by atomic mass is 9.94. The van der Waals surface area contributed by atoms with E-state index in [2.05, 4.69) is 26.9 Å². The van der Waals surface area contributed by atoms with E-state index in [0.29, 0.717) is 10.9 Å². The van der Waals surface area contributed by atoms with E-state index in [-0.39, 0.29) is 68.8 Å². The van der Waals surface area contributed by atoms with Crippen LogP contribution in [0.2, 0.25) is 0 Å². The average Bonchev–Trinajstić information content (AvgIpc) is 3.59. The standard InChI is InChI=1S/C25H22F2N6O2S/c1-11(17-4-3-5-33(17)2)35-25-31-7-13-14-9-34-10-15(14)18(20(27)21(13)32-25)22-19-12(6-28)24(29)36-23(19)16(26)8-30-22/h7-8,11,17H,3-5,9-10,29H2,1-2H3/t11-,17-/m0/s1. The third-order valence-corrected chi connectivity index (χ3v) is 8.16. The predicted molar refractivity (Wildman–Crippen MR) is 131 cm³/mol. The van der Waals surface area contributed by atoms with Gasteiger partial charge in [0.25, 0.3) is 0 Å². The van der Waals surface area contributed by atoms with E-state index in [4.69, 9.17) is 15.2 Å². The Kier molecular flexibility index (Phi) is 5.48. The van der Waals surface area contributed by atoms with Gasteiger partial charge in [-0.3, -0.25) is 9.88 Å². The molecular weight excluding hydrogens is 486 g/mol. The molecule has 184 valence electrons. The first kappa shape index (κ1) is 23.0. The Bertz CT molecular complexity index is 1580. The zero-order valence-electron chi connectivity index (χ0n) is 19.6. The Morgan fingerprint density at radius 1 is 1.28 bits per heavy atom. The molecule has 0 radical (unpaired) electrons. The molecule has 4 aromatic rings. The van der Waals surface area contributed by atoms with Crippen molar-refractivity contribution in [2.45, 2.75) is 45.1 Å². The van der Waals surface area contributed by atoms with Crippen LogP contribution in [-0.2, 0) is 18.0 Å². The van der Waals surface area contributed by atoms with E-state index >= 15 is 4.39 Å². The normalized spacial score (nSPS) is 18.6. The molecule has 6 rings (SSSR count). The van der Waals surface area contributed by atoms with Crippen LogP contribution in [0.5, 0.6) is 6.01 Å². The number of likely N-dealkylation sites (tertiary alicyclic amines) is 1. The molecule has 0 aliphatic carbocycles. The summed E-state index contributed by atoms with van der Waals surface area (Å²) in [6.45, 7) is 3.34. The molecule has 0 saturated carbocycles. The molecule has 0 bridgehead atoms. The molecule has 2 N–H and O–H groups in total. The minimum absolute atomic E-state index is 0.0622. The molecule has 2 aliphatic rings. The highest BCUT2D eigenvalue weighted by atomic mass is 32.1. The number of nitrogens with two attached hydrogens (primary N) is 1. The number of hydrogen-bond donors (Lipinski definition) is 1. The van der Waals surface area contributed by atoms with Crippen molar-refractivity contribution in [2.75, 3.05) is 19.3 Å². The van der Waals surface area contributed by atoms with Crippen molar-refractivity contribution in [3.8, 4) is 23.3 Å². The van der Waals surface area contributed by atoms with Gasteiger partial charge in [0, 0.05) is 28.6 Å². The third kappa shape index (κ3) is 3.40. The molecule has 0 spiro atoms. The molecule has 1 fully saturated rings. The zero-order chi connectivity index (χ0) is 25.1. The fourth-order valence-electron chi connectivity index (χ4n) is 5.36. The number of ether oxygens (including phenoxy) is 2. The first-order chi connectivity index (χ1) is 17.4. The summed E-state index contributed by atoms with van der Waals surface area (Å²) < 4.78 is 42.8. The van der Waals surface area contributed by atoms with Gasteiger partial charge in [-0.15, -0.1) is 11.3 Å². The van der Waals surface area contributed by atoms with Gasteiger partial charge in [-0.1, -0.05) is 0 Å². The highest BCUT2D eigenvalue weighted by Crippen LogP contribution is 2.45. The Balaban J connectivity index is 1.55. The molecular formula is C25H22F2N6O2S. The van der Waals surface area contributed by atoms with E-state index in [0.717, 1.165) is 42.5 Å². The maximum absolute atomic E-state index is 16.3. The number of likely N-dealkylation sites (N-methyl/N-ethyl adjacent to an activating group) is 1. The number of nitrogen functional groups attached to an aromatic ring is 1. The SMILES string of the molecule is C[C@H](Oc1ncc2c3c(c(-c4ncc(F)c5sc(N)c(C#N)c45)c(F)c2n1)COC3)[C@@H]1CCCN1C. The van der Waals surface area contributed by atoms with Crippen LogP contribution in [0.3, 0.4) is 0 Å². The van der Waals surface area contributed by atoms with Crippen molar-refractivity contribution in [1.29, 1.82) is 5.26 Å². The molecule has 3 aromatic heterocycles. The van der Waals surface area contributed by atoms with Crippen LogP contribution in [0.15, 0.2) is 12.4 Å². The second-order valence-electron chi connectivity index (χ2n) is 9.18. The van der Waals surface area contributed by atoms with Crippen molar-refractivity contribution >= 4 is 37.3 Å². The lowest BCUT2D eigenvalue weighted by Gasteiger charge is -2.25. The number of halogens is 2. The third-order valence-electron chi connectivity index (χ3n) is 7.13. The number of rotatable bonds is 4. The van der Waals surface area contributed by atoms with E-state index in [1.807, 2.05) is 13.0 Å². The quantitative estimate of drug-likeness (QED) is 0.428. The largest absolute Gasteiger partial charge is 0.459 e. The number of nitrogens with zero attached hydrogens (tertiary/aromatic N) is 5. The van der Waals surface area contributed by atoms with E-state index in [1.165, 1.54) is 0 Å². The number of benzene rings is 1. The number of anilines is 1. The van der Waals surface area contributed by atoms with Crippen LogP contribution in [0.1, 0.15) is 36.5 Å². The molecule has 2 atom stereocenters. The molecule has 8 nitrogen and oxygen atoms in total. The Morgan fingerprint density at radius 3 is 2.83 bits per heavy atom. The highest BCUT2D eigenvalue weighted by Gasteiger charge is 2.31. The lowest BCUT2D eigenvalue weighted by Crippen LogP contribution is -2.38. The van der Waals surface area contributed by atoms with Gasteiger partial charge >= 0.3 is 6.01 Å². The van der Waals surface area contributed by atoms with Crippen LogP contribution >= 0.6 is 11.3 Å². The Morgan fingerprint density at radius 2 is 2.08 bits per heavy atom. The monoisotopic (exact) mass is 508 g/mol. The summed E-state index contributed by atoms with van der Waals surface area (Å²) in [5, 5.41) is 10.6. The molecule has 1 aromatic carbocycles. The fourth-order valence-corrected chi connectivity index (χ4v) is 6.28. The second kappa shape index (κ2) is 8.58. The Hall–Kier alpha value is -3.46. The summed E-state index contributed by atoms with van der Waals surface area (Å²) in [5.74, 6) is -1.27. The summed E-state index contributed by atoms with van der Waals surface area (Å²) >= 11 is 0.940. The number of nitriles is 1.